The molecule has 2 aromatic rings. The molecular weight excluding hydrogens is 308 g/mol. The Hall–Kier alpha value is -1.59. The largest absolute Gasteiger partial charge is 0.494 e. The molecule has 0 aliphatic heterocycles. The van der Waals surface area contributed by atoms with Crippen LogP contribution in [0.3, 0.4) is 0 Å². The van der Waals surface area contributed by atoms with Crippen molar-refractivity contribution < 1.29 is 9.53 Å². The molecule has 1 aliphatic rings. The molecule has 0 radical (unpaired) electrons. The van der Waals surface area contributed by atoms with Gasteiger partial charge >= 0.3 is 0 Å². The first-order valence-electron chi connectivity index (χ1n) is 8.36. The van der Waals surface area contributed by atoms with E-state index in [0.29, 0.717) is 23.2 Å². The summed E-state index contributed by atoms with van der Waals surface area (Å²) in [6.45, 7) is 1.47. The van der Waals surface area contributed by atoms with E-state index < -0.39 is 0 Å². The maximum atomic E-state index is 12.4. The second-order valence-electron chi connectivity index (χ2n) is 6.01. The number of fused-ring (bicyclic) bond motifs is 1. The molecule has 3 rings (SSSR count). The Kier molecular flexibility index (Phi) is 5.51. The van der Waals surface area contributed by atoms with Crippen molar-refractivity contribution in [2.24, 2.45) is 0 Å². The van der Waals surface area contributed by atoms with Crippen LogP contribution in [-0.2, 0) is 0 Å². The summed E-state index contributed by atoms with van der Waals surface area (Å²) in [6.07, 6.45) is 6.53. The van der Waals surface area contributed by atoms with Crippen LogP contribution in [0.4, 0.5) is 0 Å². The molecule has 5 heteroatoms. The predicted molar refractivity (Wildman–Crippen MR) is 95.6 cm³/mol. The number of thiophene rings is 1. The lowest BCUT2D eigenvalue weighted by Gasteiger charge is -2.22. The topological polar surface area (TPSA) is 50.4 Å². The zero-order valence-electron chi connectivity index (χ0n) is 13.6. The zero-order chi connectivity index (χ0) is 16.1. The van der Waals surface area contributed by atoms with E-state index in [1.54, 1.807) is 7.11 Å². The summed E-state index contributed by atoms with van der Waals surface area (Å²) in [5, 5.41) is 7.55. The molecule has 0 bridgehead atoms. The van der Waals surface area contributed by atoms with E-state index in [0.717, 1.165) is 16.6 Å². The molecule has 0 saturated heterocycles. The maximum Gasteiger partial charge on any atom is 0.265 e. The quantitative estimate of drug-likeness (QED) is 0.795. The molecular formula is C18H24N2O2S. The molecule has 1 fully saturated rings. The van der Waals surface area contributed by atoms with E-state index >= 15 is 0 Å². The van der Waals surface area contributed by atoms with Gasteiger partial charge in [0, 0.05) is 29.2 Å². The second kappa shape index (κ2) is 7.79. The minimum absolute atomic E-state index is 0.0477. The van der Waals surface area contributed by atoms with Crippen molar-refractivity contribution in [3.05, 3.63) is 29.1 Å². The van der Waals surface area contributed by atoms with Crippen LogP contribution >= 0.6 is 11.3 Å². The van der Waals surface area contributed by atoms with Crippen LogP contribution in [0.2, 0.25) is 0 Å². The molecule has 2 N–H and O–H groups in total. The number of carbonyl (C=O) groups excluding carboxylic acids is 1. The van der Waals surface area contributed by atoms with Crippen molar-refractivity contribution in [1.82, 2.24) is 10.6 Å². The highest BCUT2D eigenvalue weighted by molar-refractivity contribution is 7.21. The summed E-state index contributed by atoms with van der Waals surface area (Å²) in [6, 6.07) is 8.58. The number of benzene rings is 1. The van der Waals surface area contributed by atoms with E-state index in [1.165, 1.54) is 43.4 Å². The summed E-state index contributed by atoms with van der Waals surface area (Å²) < 4.78 is 6.53. The van der Waals surface area contributed by atoms with Crippen LogP contribution < -0.4 is 15.4 Å². The third kappa shape index (κ3) is 3.85. The highest BCUT2D eigenvalue weighted by atomic mass is 32.1. The van der Waals surface area contributed by atoms with Crippen molar-refractivity contribution in [3.8, 4) is 5.75 Å². The normalized spacial score (nSPS) is 15.7. The van der Waals surface area contributed by atoms with Gasteiger partial charge in [0.15, 0.2) is 0 Å². The van der Waals surface area contributed by atoms with Gasteiger partial charge in [0.25, 0.3) is 5.91 Å². The first-order valence-corrected chi connectivity index (χ1v) is 9.18. The van der Waals surface area contributed by atoms with Gasteiger partial charge in [0.1, 0.15) is 10.6 Å². The lowest BCUT2D eigenvalue weighted by molar-refractivity contribution is 0.0955. The fourth-order valence-corrected chi connectivity index (χ4v) is 4.30. The number of carbonyl (C=O) groups is 1. The zero-order valence-corrected chi connectivity index (χ0v) is 14.4. The van der Waals surface area contributed by atoms with E-state index in [2.05, 4.69) is 10.6 Å². The van der Waals surface area contributed by atoms with E-state index in [9.17, 15) is 4.79 Å². The van der Waals surface area contributed by atoms with Crippen molar-refractivity contribution in [2.45, 2.75) is 38.1 Å². The molecule has 1 aliphatic carbocycles. The lowest BCUT2D eigenvalue weighted by Crippen LogP contribution is -2.37. The van der Waals surface area contributed by atoms with Crippen molar-refractivity contribution in [3.63, 3.8) is 0 Å². The number of hydrogen-bond acceptors (Lipinski definition) is 4. The Balaban J connectivity index is 1.55. The van der Waals surface area contributed by atoms with Gasteiger partial charge in [-0.05, 0) is 25.0 Å². The lowest BCUT2D eigenvalue weighted by atomic mass is 9.95. The fraction of sp³-hybridized carbons (Fsp3) is 0.500. The SMILES string of the molecule is COc1c(C(=O)NCCNC2CCCCC2)sc2ccccc12. The summed E-state index contributed by atoms with van der Waals surface area (Å²) in [4.78, 5) is 13.1. The molecule has 1 aromatic carbocycles. The molecule has 1 aromatic heterocycles. The van der Waals surface area contributed by atoms with Gasteiger partial charge in [-0.15, -0.1) is 11.3 Å². The van der Waals surface area contributed by atoms with Gasteiger partial charge < -0.3 is 15.4 Å². The Labute approximate surface area is 141 Å². The highest BCUT2D eigenvalue weighted by Crippen LogP contribution is 2.37. The monoisotopic (exact) mass is 332 g/mol. The van der Waals surface area contributed by atoms with E-state index in [1.807, 2.05) is 24.3 Å². The average Bonchev–Trinajstić information content (AvgIpc) is 2.98. The molecule has 0 unspecified atom stereocenters. The van der Waals surface area contributed by atoms with Gasteiger partial charge in [-0.2, -0.15) is 0 Å². The van der Waals surface area contributed by atoms with Crippen LogP contribution in [0.25, 0.3) is 10.1 Å². The summed E-state index contributed by atoms with van der Waals surface area (Å²) in [7, 11) is 1.62. The number of rotatable bonds is 6. The van der Waals surface area contributed by atoms with Crippen LogP contribution in [-0.4, -0.2) is 32.1 Å². The predicted octanol–water partition coefficient (Wildman–Crippen LogP) is 3.56. The maximum absolute atomic E-state index is 12.4. The summed E-state index contributed by atoms with van der Waals surface area (Å²) in [5.74, 6) is 0.636. The van der Waals surface area contributed by atoms with Crippen molar-refractivity contribution >= 4 is 27.3 Å². The number of nitrogens with one attached hydrogen (secondary N) is 2. The van der Waals surface area contributed by atoms with Crippen LogP contribution in [0.1, 0.15) is 41.8 Å². The van der Waals surface area contributed by atoms with Crippen molar-refractivity contribution in [2.75, 3.05) is 20.2 Å². The summed E-state index contributed by atoms with van der Waals surface area (Å²) >= 11 is 1.49. The minimum atomic E-state index is -0.0477. The molecule has 23 heavy (non-hydrogen) atoms. The standard InChI is InChI=1S/C18H24N2O2S/c1-22-16-14-9-5-6-10-15(14)23-17(16)18(21)20-12-11-19-13-7-3-2-4-8-13/h5-6,9-10,13,19H,2-4,7-8,11-12H2,1H3,(H,20,21). The van der Waals surface area contributed by atoms with Gasteiger partial charge in [-0.25, -0.2) is 0 Å². The number of amides is 1. The fourth-order valence-electron chi connectivity index (χ4n) is 3.21. The first kappa shape index (κ1) is 16.3. The van der Waals surface area contributed by atoms with E-state index in [-0.39, 0.29) is 5.91 Å². The molecule has 0 atom stereocenters. The summed E-state index contributed by atoms with van der Waals surface area (Å²) in [5.41, 5.74) is 0. The molecule has 1 heterocycles. The Bertz CT molecular complexity index is 662. The molecule has 4 nitrogen and oxygen atoms in total. The Morgan fingerprint density at radius 1 is 1.22 bits per heavy atom. The smallest absolute Gasteiger partial charge is 0.265 e. The molecule has 124 valence electrons. The third-order valence-electron chi connectivity index (χ3n) is 4.41. The third-order valence-corrected chi connectivity index (χ3v) is 5.56. The minimum Gasteiger partial charge on any atom is -0.494 e. The highest BCUT2D eigenvalue weighted by Gasteiger charge is 2.19. The Morgan fingerprint density at radius 3 is 2.78 bits per heavy atom. The van der Waals surface area contributed by atoms with Gasteiger partial charge in [-0.3, -0.25) is 4.79 Å². The van der Waals surface area contributed by atoms with Crippen LogP contribution in [0.5, 0.6) is 5.75 Å². The number of ether oxygens (including phenoxy) is 1. The molecule has 0 spiro atoms. The second-order valence-corrected chi connectivity index (χ2v) is 7.06. The van der Waals surface area contributed by atoms with Crippen LogP contribution in [0, 0.1) is 0 Å². The van der Waals surface area contributed by atoms with Gasteiger partial charge in [-0.1, -0.05) is 31.4 Å². The average molecular weight is 332 g/mol. The molecule has 1 saturated carbocycles. The number of methoxy groups -OCH3 is 1. The Morgan fingerprint density at radius 2 is 2.00 bits per heavy atom. The number of hydrogen-bond donors (Lipinski definition) is 2. The van der Waals surface area contributed by atoms with Gasteiger partial charge in [0.2, 0.25) is 0 Å². The van der Waals surface area contributed by atoms with Gasteiger partial charge in [0.05, 0.1) is 7.11 Å². The van der Waals surface area contributed by atoms with Crippen LogP contribution in [0.15, 0.2) is 24.3 Å². The molecule has 1 amide bonds. The van der Waals surface area contributed by atoms with E-state index in [4.69, 9.17) is 4.74 Å². The van der Waals surface area contributed by atoms with Crippen molar-refractivity contribution in [1.29, 1.82) is 0 Å². The first-order chi connectivity index (χ1) is 11.3.